The van der Waals surface area contributed by atoms with E-state index in [9.17, 15) is 43.2 Å². The third-order valence-electron chi connectivity index (χ3n) is 17.1. The lowest BCUT2D eigenvalue weighted by atomic mass is 10.0. The van der Waals surface area contributed by atoms with Crippen molar-refractivity contribution in [2.75, 3.05) is 39.6 Å². The van der Waals surface area contributed by atoms with Crippen molar-refractivity contribution in [2.24, 2.45) is 11.8 Å². The maximum atomic E-state index is 13.1. The maximum Gasteiger partial charge on any atom is 0.472 e. The van der Waals surface area contributed by atoms with Crippen molar-refractivity contribution in [3.05, 3.63) is 24.3 Å². The lowest BCUT2D eigenvalue weighted by Crippen LogP contribution is -2.30. The van der Waals surface area contributed by atoms with Gasteiger partial charge in [-0.05, 0) is 63.2 Å². The number of allylic oxidation sites excluding steroid dienone is 4. The zero-order chi connectivity index (χ0) is 70.0. The van der Waals surface area contributed by atoms with E-state index in [4.69, 9.17) is 37.0 Å². The fourth-order valence-corrected chi connectivity index (χ4v) is 12.7. The highest BCUT2D eigenvalue weighted by Gasteiger charge is 2.30. The minimum absolute atomic E-state index is 0.0849. The van der Waals surface area contributed by atoms with Gasteiger partial charge < -0.3 is 33.8 Å². The van der Waals surface area contributed by atoms with Crippen LogP contribution in [0.3, 0.4) is 0 Å². The highest BCUT2D eigenvalue weighted by molar-refractivity contribution is 7.47. The van der Waals surface area contributed by atoms with Crippen LogP contribution in [0.5, 0.6) is 0 Å². The van der Waals surface area contributed by atoms with Gasteiger partial charge in [-0.25, -0.2) is 9.13 Å². The fourth-order valence-electron chi connectivity index (χ4n) is 11.1. The Morgan fingerprint density at radius 3 is 0.863 bits per heavy atom. The summed E-state index contributed by atoms with van der Waals surface area (Å²) in [4.78, 5) is 72.8. The number of hydrogen-bond donors (Lipinski definition) is 3. The number of unbranched alkanes of at least 4 members (excludes halogenated alkanes) is 40. The molecule has 5 atom stereocenters. The zero-order valence-corrected chi connectivity index (χ0v) is 63.2. The van der Waals surface area contributed by atoms with Crippen LogP contribution in [-0.2, 0) is 65.4 Å². The van der Waals surface area contributed by atoms with Crippen LogP contribution in [0.25, 0.3) is 0 Å². The van der Waals surface area contributed by atoms with Crippen molar-refractivity contribution < 1.29 is 80.2 Å². The third-order valence-corrected chi connectivity index (χ3v) is 19.0. The topological polar surface area (TPSA) is 237 Å². The highest BCUT2D eigenvalue weighted by Crippen LogP contribution is 2.45. The van der Waals surface area contributed by atoms with Crippen LogP contribution in [-0.4, -0.2) is 96.7 Å². The number of aliphatic hydroxyl groups excluding tert-OH is 1. The van der Waals surface area contributed by atoms with Crippen LogP contribution in [0.15, 0.2) is 24.3 Å². The van der Waals surface area contributed by atoms with Crippen LogP contribution in [0.1, 0.15) is 369 Å². The van der Waals surface area contributed by atoms with Crippen LogP contribution in [0.2, 0.25) is 0 Å². The molecule has 95 heavy (non-hydrogen) atoms. The number of phosphoric ester groups is 2. The minimum Gasteiger partial charge on any atom is -0.462 e. The van der Waals surface area contributed by atoms with E-state index in [2.05, 4.69) is 65.8 Å². The summed E-state index contributed by atoms with van der Waals surface area (Å²) >= 11 is 0. The predicted octanol–water partition coefficient (Wildman–Crippen LogP) is 21.9. The number of aliphatic hydroxyl groups is 1. The molecule has 19 heteroatoms. The molecule has 0 aromatic rings. The summed E-state index contributed by atoms with van der Waals surface area (Å²) in [5.74, 6) is -0.626. The lowest BCUT2D eigenvalue weighted by Gasteiger charge is -2.21. The van der Waals surface area contributed by atoms with Crippen LogP contribution in [0.4, 0.5) is 0 Å². The van der Waals surface area contributed by atoms with Crippen molar-refractivity contribution in [2.45, 2.75) is 387 Å². The van der Waals surface area contributed by atoms with E-state index < -0.39 is 97.5 Å². The van der Waals surface area contributed by atoms with E-state index in [1.807, 2.05) is 0 Å². The van der Waals surface area contributed by atoms with Crippen molar-refractivity contribution in [1.29, 1.82) is 0 Å². The molecule has 0 amide bonds. The van der Waals surface area contributed by atoms with Crippen molar-refractivity contribution in [1.82, 2.24) is 0 Å². The van der Waals surface area contributed by atoms with Gasteiger partial charge in [-0.1, -0.05) is 316 Å². The second kappa shape index (κ2) is 67.4. The SMILES string of the molecule is CCCCCC/C=C\C=C/CCCCCCCC(=O)O[C@H](COC(=O)CCCCCCCCCCCCCC(C)C)COP(=O)(O)OC[C@@H](O)COP(=O)(O)OC[C@@H](COC(=O)CCCCCCCCCCCCCCC)OC(=O)CCCCCCCCCCCCC(C)C. The first-order chi connectivity index (χ1) is 45.9. The Morgan fingerprint density at radius 2 is 0.568 bits per heavy atom. The highest BCUT2D eigenvalue weighted by atomic mass is 31.2. The van der Waals surface area contributed by atoms with Gasteiger partial charge in [0.2, 0.25) is 0 Å². The molecule has 0 aliphatic carbocycles. The molecule has 2 unspecified atom stereocenters. The molecule has 0 saturated carbocycles. The van der Waals surface area contributed by atoms with Crippen molar-refractivity contribution in [3.8, 4) is 0 Å². The average Bonchev–Trinajstić information content (AvgIpc) is 2.11. The zero-order valence-electron chi connectivity index (χ0n) is 61.5. The molecule has 3 N–H and O–H groups in total. The Bertz CT molecular complexity index is 1930. The first-order valence-corrected chi connectivity index (χ1v) is 41.8. The van der Waals surface area contributed by atoms with Gasteiger partial charge in [-0.3, -0.25) is 37.3 Å². The van der Waals surface area contributed by atoms with Gasteiger partial charge in [0, 0.05) is 25.7 Å². The smallest absolute Gasteiger partial charge is 0.462 e. The molecule has 0 rings (SSSR count). The monoisotopic (exact) mass is 1390 g/mol. The van der Waals surface area contributed by atoms with Gasteiger partial charge in [-0.15, -0.1) is 0 Å². The molecule has 0 aromatic carbocycles. The van der Waals surface area contributed by atoms with Gasteiger partial charge in [0.25, 0.3) is 0 Å². The average molecular weight is 1390 g/mol. The number of carbonyl (C=O) groups is 4. The molecular formula is C76H144O17P2. The summed E-state index contributed by atoms with van der Waals surface area (Å²) in [6.45, 7) is 9.52. The van der Waals surface area contributed by atoms with E-state index in [1.54, 1.807) is 0 Å². The molecule has 0 saturated heterocycles. The fraction of sp³-hybridized carbons (Fsp3) is 0.895. The number of hydrogen-bond acceptors (Lipinski definition) is 15. The molecule has 0 fully saturated rings. The van der Waals surface area contributed by atoms with Crippen LogP contribution >= 0.6 is 15.6 Å². The Hall–Kier alpha value is -2.46. The number of esters is 4. The number of phosphoric acid groups is 2. The number of carbonyl (C=O) groups excluding carboxylic acids is 4. The Balaban J connectivity index is 5.31. The van der Waals surface area contributed by atoms with E-state index in [1.165, 1.54) is 173 Å². The summed E-state index contributed by atoms with van der Waals surface area (Å²) in [5, 5.41) is 10.6. The Kier molecular flexibility index (Phi) is 65.6. The molecule has 0 radical (unpaired) electrons. The summed E-state index contributed by atoms with van der Waals surface area (Å²) < 4.78 is 68.5. The summed E-state index contributed by atoms with van der Waals surface area (Å²) in [7, 11) is -9.92. The first-order valence-electron chi connectivity index (χ1n) is 38.8. The van der Waals surface area contributed by atoms with Gasteiger partial charge in [-0.2, -0.15) is 0 Å². The predicted molar refractivity (Wildman–Crippen MR) is 386 cm³/mol. The summed E-state index contributed by atoms with van der Waals surface area (Å²) in [5.41, 5.74) is 0. The second-order valence-corrected chi connectivity index (χ2v) is 30.6. The Morgan fingerprint density at radius 1 is 0.326 bits per heavy atom. The van der Waals surface area contributed by atoms with Crippen molar-refractivity contribution in [3.63, 3.8) is 0 Å². The van der Waals surface area contributed by atoms with Gasteiger partial charge in [0.15, 0.2) is 12.2 Å². The van der Waals surface area contributed by atoms with Crippen LogP contribution in [0, 0.1) is 11.8 Å². The molecule has 0 aliphatic heterocycles. The van der Waals surface area contributed by atoms with Crippen LogP contribution < -0.4 is 0 Å². The van der Waals surface area contributed by atoms with E-state index in [0.29, 0.717) is 25.7 Å². The minimum atomic E-state index is -4.97. The summed E-state index contributed by atoms with van der Waals surface area (Å²) in [6.07, 6.45) is 57.5. The molecule has 17 nitrogen and oxygen atoms in total. The molecule has 0 bridgehead atoms. The molecule has 0 spiro atoms. The molecular weight excluding hydrogens is 1250 g/mol. The van der Waals surface area contributed by atoms with Gasteiger partial charge in [0.05, 0.1) is 26.4 Å². The van der Waals surface area contributed by atoms with E-state index in [0.717, 1.165) is 115 Å². The lowest BCUT2D eigenvalue weighted by molar-refractivity contribution is -0.161. The van der Waals surface area contributed by atoms with Crippen molar-refractivity contribution >= 4 is 39.5 Å². The second-order valence-electron chi connectivity index (χ2n) is 27.7. The molecule has 0 aromatic heterocycles. The quantitative estimate of drug-likeness (QED) is 0.0169. The van der Waals surface area contributed by atoms with Gasteiger partial charge in [0.1, 0.15) is 19.3 Å². The standard InChI is InChI=1S/C76H144O17P2/c1-7-9-11-13-15-17-19-21-22-24-28-36-42-48-54-60-75(80)92-71(64-87-74(79)59-53-47-41-35-29-25-26-32-38-44-50-56-68(3)4)66-90-94(82,83)88-62-70(77)63-89-95(84,85)91-67-72(93-76(81)61-55-49-43-37-31-30-33-39-45-51-57-69(5)6)65-86-73(78)58-52-46-40-34-27-23-20-18-16-14-12-10-8-2/h17,19,21-22,68-72,77H,7-16,18,20,23-67H2,1-6H3,(H,82,83)(H,84,85)/b19-17-,22-21-/t70-,71-,72-/m1/s1. The molecule has 0 aliphatic rings. The number of rotatable bonds is 73. The maximum absolute atomic E-state index is 13.1. The van der Waals surface area contributed by atoms with E-state index >= 15 is 0 Å². The number of ether oxygens (including phenoxy) is 4. The van der Waals surface area contributed by atoms with E-state index in [-0.39, 0.29) is 25.7 Å². The molecule has 0 heterocycles. The first kappa shape index (κ1) is 92.5. The summed E-state index contributed by atoms with van der Waals surface area (Å²) in [6, 6.07) is 0. The largest absolute Gasteiger partial charge is 0.472 e. The Labute approximate surface area is 580 Å². The normalized spacial score (nSPS) is 14.2. The van der Waals surface area contributed by atoms with Gasteiger partial charge >= 0.3 is 39.5 Å². The third kappa shape index (κ3) is 69.8. The molecule has 560 valence electrons.